The minimum Gasteiger partial charge on any atom is -0.490 e. The van der Waals surface area contributed by atoms with E-state index < -0.39 is 0 Å². The molecule has 1 saturated heterocycles. The van der Waals surface area contributed by atoms with Gasteiger partial charge in [-0.25, -0.2) is 0 Å². The summed E-state index contributed by atoms with van der Waals surface area (Å²) in [5, 5.41) is 7.56. The molecule has 1 aromatic rings. The molecule has 1 spiro atoms. The van der Waals surface area contributed by atoms with E-state index >= 15 is 0 Å². The Kier molecular flexibility index (Phi) is 3.89. The van der Waals surface area contributed by atoms with Gasteiger partial charge in [0, 0.05) is 18.4 Å². The first kappa shape index (κ1) is 14.4. The Labute approximate surface area is 126 Å². The van der Waals surface area contributed by atoms with E-state index in [1.165, 1.54) is 25.7 Å². The molecule has 21 heavy (non-hydrogen) atoms. The van der Waals surface area contributed by atoms with Gasteiger partial charge in [0.1, 0.15) is 17.7 Å². The molecule has 0 bridgehead atoms. The van der Waals surface area contributed by atoms with E-state index in [2.05, 4.69) is 0 Å². The third kappa shape index (κ3) is 3.05. The Balaban J connectivity index is 1.74. The molecular formula is C17H24N2O2. The largest absolute Gasteiger partial charge is 0.490 e. The van der Waals surface area contributed by atoms with Crippen LogP contribution in [0.2, 0.25) is 0 Å². The van der Waals surface area contributed by atoms with Gasteiger partial charge in [-0.3, -0.25) is 5.41 Å². The lowest BCUT2D eigenvalue weighted by Crippen LogP contribution is -2.41. The van der Waals surface area contributed by atoms with Gasteiger partial charge in [-0.05, 0) is 31.4 Å². The minimum absolute atomic E-state index is 0.0645. The van der Waals surface area contributed by atoms with Crippen molar-refractivity contribution in [1.29, 1.82) is 5.41 Å². The molecule has 2 aliphatic rings. The van der Waals surface area contributed by atoms with Crippen molar-refractivity contribution in [1.82, 2.24) is 0 Å². The zero-order valence-electron chi connectivity index (χ0n) is 12.7. The lowest BCUT2D eigenvalue weighted by molar-refractivity contribution is -0.108. The summed E-state index contributed by atoms with van der Waals surface area (Å²) in [4.78, 5) is 0. The van der Waals surface area contributed by atoms with Gasteiger partial charge < -0.3 is 15.2 Å². The number of nitrogens with two attached hydrogens (primary N) is 1. The molecule has 3 N–H and O–H groups in total. The van der Waals surface area contributed by atoms with Gasteiger partial charge in [0.25, 0.3) is 0 Å². The Morgan fingerprint density at radius 3 is 2.86 bits per heavy atom. The monoisotopic (exact) mass is 288 g/mol. The van der Waals surface area contributed by atoms with Gasteiger partial charge in [-0.1, -0.05) is 25.0 Å². The maximum atomic E-state index is 7.56. The van der Waals surface area contributed by atoms with Crippen LogP contribution in [-0.4, -0.2) is 24.1 Å². The van der Waals surface area contributed by atoms with E-state index in [1.807, 2.05) is 25.1 Å². The molecule has 4 heteroatoms. The van der Waals surface area contributed by atoms with Crippen molar-refractivity contribution >= 4 is 5.84 Å². The molecule has 1 aromatic carbocycles. The highest BCUT2D eigenvalue weighted by Gasteiger charge is 2.40. The molecule has 114 valence electrons. The van der Waals surface area contributed by atoms with E-state index in [-0.39, 0.29) is 17.5 Å². The first-order valence-electron chi connectivity index (χ1n) is 7.84. The van der Waals surface area contributed by atoms with E-state index in [9.17, 15) is 0 Å². The van der Waals surface area contributed by atoms with Crippen LogP contribution < -0.4 is 10.5 Å². The highest BCUT2D eigenvalue weighted by Crippen LogP contribution is 2.41. The van der Waals surface area contributed by atoms with Gasteiger partial charge >= 0.3 is 0 Å². The van der Waals surface area contributed by atoms with Gasteiger partial charge in [0.15, 0.2) is 0 Å². The van der Waals surface area contributed by atoms with Crippen LogP contribution in [-0.2, 0) is 4.74 Å². The fourth-order valence-electron chi connectivity index (χ4n) is 3.53. The summed E-state index contributed by atoms with van der Waals surface area (Å²) in [5.41, 5.74) is 7.44. The fraction of sp³-hybridized carbons (Fsp3) is 0.588. The van der Waals surface area contributed by atoms with Crippen molar-refractivity contribution in [3.05, 3.63) is 29.3 Å². The predicted molar refractivity (Wildman–Crippen MR) is 83.0 cm³/mol. The standard InChI is InChI=1S/C17H24N2O2/c1-12-4-5-13(16(18)19)10-15(12)21-14-6-9-20-17(11-14)7-2-3-8-17/h4-5,10,14H,2-3,6-9,11H2,1H3,(H3,18,19). The molecule has 3 rings (SSSR count). The summed E-state index contributed by atoms with van der Waals surface area (Å²) in [6, 6.07) is 5.72. The molecule has 1 saturated carbocycles. The quantitative estimate of drug-likeness (QED) is 0.663. The third-order valence-corrected chi connectivity index (χ3v) is 4.76. The van der Waals surface area contributed by atoms with Crippen LogP contribution in [0.15, 0.2) is 18.2 Å². The van der Waals surface area contributed by atoms with E-state index in [0.29, 0.717) is 0 Å². The Morgan fingerprint density at radius 2 is 2.14 bits per heavy atom. The van der Waals surface area contributed by atoms with Crippen LogP contribution in [0.4, 0.5) is 0 Å². The normalized spacial score (nSPS) is 24.1. The van der Waals surface area contributed by atoms with Crippen LogP contribution in [0.5, 0.6) is 5.75 Å². The first-order chi connectivity index (χ1) is 10.1. The number of hydrogen-bond donors (Lipinski definition) is 2. The van der Waals surface area contributed by atoms with Crippen LogP contribution >= 0.6 is 0 Å². The summed E-state index contributed by atoms with van der Waals surface area (Å²) < 4.78 is 12.3. The molecule has 1 aliphatic carbocycles. The second kappa shape index (κ2) is 5.68. The van der Waals surface area contributed by atoms with Crippen LogP contribution in [0, 0.1) is 12.3 Å². The molecule has 0 amide bonds. The number of ether oxygens (including phenoxy) is 2. The van der Waals surface area contributed by atoms with Crippen molar-refractivity contribution in [2.24, 2.45) is 5.73 Å². The Morgan fingerprint density at radius 1 is 1.38 bits per heavy atom. The highest BCUT2D eigenvalue weighted by molar-refractivity contribution is 5.95. The first-order valence-corrected chi connectivity index (χ1v) is 7.84. The number of benzene rings is 1. The van der Waals surface area contributed by atoms with E-state index in [4.69, 9.17) is 20.6 Å². The van der Waals surface area contributed by atoms with Gasteiger partial charge in [0.2, 0.25) is 0 Å². The molecular weight excluding hydrogens is 264 g/mol. The zero-order chi connectivity index (χ0) is 14.9. The summed E-state index contributed by atoms with van der Waals surface area (Å²) in [6.45, 7) is 2.82. The molecule has 1 aliphatic heterocycles. The van der Waals surface area contributed by atoms with Gasteiger partial charge in [0.05, 0.1) is 12.2 Å². The smallest absolute Gasteiger partial charge is 0.123 e. The number of hydrogen-bond acceptors (Lipinski definition) is 3. The fourth-order valence-corrected chi connectivity index (χ4v) is 3.53. The second-order valence-corrected chi connectivity index (χ2v) is 6.37. The number of nitrogen functional groups attached to an aromatic ring is 1. The van der Waals surface area contributed by atoms with Crippen molar-refractivity contribution in [3.63, 3.8) is 0 Å². The van der Waals surface area contributed by atoms with Crippen molar-refractivity contribution in [2.75, 3.05) is 6.61 Å². The predicted octanol–water partition coefficient (Wildman–Crippen LogP) is 3.15. The van der Waals surface area contributed by atoms with Crippen LogP contribution in [0.25, 0.3) is 0 Å². The molecule has 1 atom stereocenters. The summed E-state index contributed by atoms with van der Waals surface area (Å²) in [6.07, 6.45) is 7.00. The number of aryl methyl sites for hydroxylation is 1. The minimum atomic E-state index is 0.0645. The molecule has 0 radical (unpaired) electrons. The van der Waals surface area contributed by atoms with Gasteiger partial charge in [-0.2, -0.15) is 0 Å². The topological polar surface area (TPSA) is 68.3 Å². The molecule has 4 nitrogen and oxygen atoms in total. The lowest BCUT2D eigenvalue weighted by atomic mass is 9.90. The maximum absolute atomic E-state index is 7.56. The summed E-state index contributed by atoms with van der Waals surface area (Å²) >= 11 is 0. The molecule has 1 unspecified atom stereocenters. The van der Waals surface area contributed by atoms with E-state index in [0.717, 1.165) is 36.3 Å². The SMILES string of the molecule is Cc1ccc(C(=N)N)cc1OC1CCOC2(CCCC2)C1. The average Bonchev–Trinajstić information content (AvgIpc) is 2.89. The number of nitrogens with one attached hydrogen (secondary N) is 1. The summed E-state index contributed by atoms with van der Waals surface area (Å²) in [5.74, 6) is 0.932. The highest BCUT2D eigenvalue weighted by atomic mass is 16.5. The molecule has 0 aromatic heterocycles. The zero-order valence-corrected chi connectivity index (χ0v) is 12.7. The molecule has 1 heterocycles. The van der Waals surface area contributed by atoms with Crippen molar-refractivity contribution in [2.45, 2.75) is 57.2 Å². The molecule has 2 fully saturated rings. The summed E-state index contributed by atoms with van der Waals surface area (Å²) in [7, 11) is 0. The van der Waals surface area contributed by atoms with Crippen molar-refractivity contribution in [3.8, 4) is 5.75 Å². The average molecular weight is 288 g/mol. The second-order valence-electron chi connectivity index (χ2n) is 6.37. The van der Waals surface area contributed by atoms with Crippen molar-refractivity contribution < 1.29 is 9.47 Å². The maximum Gasteiger partial charge on any atom is 0.123 e. The lowest BCUT2D eigenvalue weighted by Gasteiger charge is -2.38. The number of amidine groups is 1. The third-order valence-electron chi connectivity index (χ3n) is 4.76. The van der Waals surface area contributed by atoms with E-state index in [1.54, 1.807) is 0 Å². The van der Waals surface area contributed by atoms with Crippen LogP contribution in [0.1, 0.15) is 49.7 Å². The van der Waals surface area contributed by atoms with Gasteiger partial charge in [-0.15, -0.1) is 0 Å². The Bertz CT molecular complexity index is 536. The Hall–Kier alpha value is -1.55. The number of rotatable bonds is 3. The van der Waals surface area contributed by atoms with Crippen LogP contribution in [0.3, 0.4) is 0 Å².